The molecule has 0 aliphatic heterocycles. The zero-order chi connectivity index (χ0) is 18.0. The molecule has 0 heterocycles. The normalized spacial score (nSPS) is 23.2. The first-order valence-electron chi connectivity index (χ1n) is 7.69. The van der Waals surface area contributed by atoms with E-state index in [2.05, 4.69) is 0 Å². The van der Waals surface area contributed by atoms with Gasteiger partial charge in [0.25, 0.3) is 0 Å². The lowest BCUT2D eigenvalue weighted by molar-refractivity contribution is -0.223. The van der Waals surface area contributed by atoms with Crippen LogP contribution in [0.15, 0.2) is 30.3 Å². The number of alkyl halides is 5. The minimum absolute atomic E-state index is 0.206. The van der Waals surface area contributed by atoms with E-state index < -0.39 is 30.1 Å². The predicted octanol–water partition coefficient (Wildman–Crippen LogP) is 6.36. The number of hydrogen-bond donors (Lipinski definition) is 0. The topological polar surface area (TPSA) is 9.23 Å². The van der Waals surface area contributed by atoms with Gasteiger partial charge in [0.15, 0.2) is 0 Å². The summed E-state index contributed by atoms with van der Waals surface area (Å²) < 4.78 is 82.6. The van der Waals surface area contributed by atoms with E-state index in [9.17, 15) is 26.3 Å². The Morgan fingerprint density at radius 1 is 1.00 bits per heavy atom. The summed E-state index contributed by atoms with van der Waals surface area (Å²) in [5.74, 6) is -2.17. The Balaban J connectivity index is 2.04. The van der Waals surface area contributed by atoms with Crippen LogP contribution in [0.5, 0.6) is 5.75 Å². The van der Waals surface area contributed by atoms with E-state index in [-0.39, 0.29) is 11.3 Å². The summed E-state index contributed by atoms with van der Waals surface area (Å²) in [4.78, 5) is 0. The van der Waals surface area contributed by atoms with Crippen LogP contribution < -0.4 is 4.74 Å². The Kier molecular flexibility index (Phi) is 5.50. The maximum atomic E-state index is 14.1. The molecule has 1 aromatic carbocycles. The van der Waals surface area contributed by atoms with Gasteiger partial charge in [0.05, 0.1) is 12.0 Å². The molecule has 2 rings (SSSR count). The van der Waals surface area contributed by atoms with Gasteiger partial charge < -0.3 is 4.74 Å². The van der Waals surface area contributed by atoms with Crippen molar-refractivity contribution in [2.75, 3.05) is 0 Å². The second kappa shape index (κ2) is 7.07. The van der Waals surface area contributed by atoms with Crippen LogP contribution in [0.25, 0.3) is 5.83 Å². The lowest BCUT2D eigenvalue weighted by Crippen LogP contribution is -2.36. The first-order valence-corrected chi connectivity index (χ1v) is 7.69. The first-order chi connectivity index (χ1) is 11.1. The maximum absolute atomic E-state index is 14.1. The third-order valence-electron chi connectivity index (χ3n) is 4.17. The molecule has 0 amide bonds. The highest BCUT2D eigenvalue weighted by atomic mass is 19.4. The number of halogens is 6. The van der Waals surface area contributed by atoms with Crippen molar-refractivity contribution in [2.45, 2.75) is 44.9 Å². The van der Waals surface area contributed by atoms with Crippen LogP contribution in [-0.4, -0.2) is 12.3 Å². The van der Waals surface area contributed by atoms with E-state index in [0.717, 1.165) is 24.3 Å². The van der Waals surface area contributed by atoms with Crippen molar-refractivity contribution in [1.82, 2.24) is 0 Å². The fourth-order valence-corrected chi connectivity index (χ4v) is 2.75. The summed E-state index contributed by atoms with van der Waals surface area (Å²) in [6.45, 7) is 2.01. The summed E-state index contributed by atoms with van der Waals surface area (Å²) in [6.07, 6.45) is -6.51. The third-order valence-corrected chi connectivity index (χ3v) is 4.17. The van der Waals surface area contributed by atoms with Crippen LogP contribution in [-0.2, 0) is 0 Å². The van der Waals surface area contributed by atoms with Gasteiger partial charge in [0, 0.05) is 5.56 Å². The molecule has 0 spiro atoms. The molecular weight excluding hydrogens is 334 g/mol. The molecule has 0 saturated heterocycles. The van der Waals surface area contributed by atoms with E-state index in [1.54, 1.807) is 0 Å². The Labute approximate surface area is 136 Å². The number of allylic oxidation sites excluding steroid dienone is 1. The smallest absolute Gasteiger partial charge is 0.412 e. The number of ether oxygens (including phenoxy) is 1. The van der Waals surface area contributed by atoms with E-state index >= 15 is 0 Å². The highest BCUT2D eigenvalue weighted by molar-refractivity contribution is 5.60. The summed E-state index contributed by atoms with van der Waals surface area (Å²) >= 11 is 0. The van der Waals surface area contributed by atoms with Crippen LogP contribution in [0.2, 0.25) is 0 Å². The predicted molar refractivity (Wildman–Crippen MR) is 78.3 cm³/mol. The lowest BCUT2D eigenvalue weighted by atomic mass is 9.82. The molecule has 1 aliphatic carbocycles. The third kappa shape index (κ3) is 5.18. The van der Waals surface area contributed by atoms with Crippen LogP contribution in [0.4, 0.5) is 26.3 Å². The van der Waals surface area contributed by atoms with Gasteiger partial charge in [-0.05, 0) is 43.0 Å². The van der Waals surface area contributed by atoms with Gasteiger partial charge in [-0.1, -0.05) is 19.8 Å². The second-order valence-electron chi connectivity index (χ2n) is 6.18. The minimum atomic E-state index is -4.79. The molecule has 0 N–H and O–H groups in total. The SMILES string of the molecule is CC1CCC(C(F)(F)Oc2ccc(/C(F)=C/C(F)(F)F)cc2)CC1. The molecule has 1 aromatic rings. The van der Waals surface area contributed by atoms with Crippen molar-refractivity contribution in [3.8, 4) is 5.75 Å². The average molecular weight is 352 g/mol. The molecule has 0 radical (unpaired) electrons. The zero-order valence-corrected chi connectivity index (χ0v) is 13.0. The van der Waals surface area contributed by atoms with Crippen molar-refractivity contribution in [3.63, 3.8) is 0 Å². The van der Waals surface area contributed by atoms with Crippen molar-refractivity contribution in [3.05, 3.63) is 35.9 Å². The van der Waals surface area contributed by atoms with E-state index in [0.29, 0.717) is 31.6 Å². The number of benzene rings is 1. The molecule has 0 bridgehead atoms. The summed E-state index contributed by atoms with van der Waals surface area (Å²) in [5, 5.41) is 0. The molecule has 1 aliphatic rings. The number of rotatable bonds is 4. The molecule has 0 atom stereocenters. The molecule has 0 aromatic heterocycles. The summed E-state index contributed by atoms with van der Waals surface area (Å²) in [6, 6.07) is 4.04. The molecular formula is C17H18F6O. The molecule has 1 saturated carbocycles. The van der Waals surface area contributed by atoms with E-state index in [1.807, 2.05) is 6.92 Å². The molecule has 1 nitrogen and oxygen atoms in total. The van der Waals surface area contributed by atoms with Crippen molar-refractivity contribution >= 4 is 5.83 Å². The number of hydrogen-bond acceptors (Lipinski definition) is 1. The largest absolute Gasteiger partial charge is 0.432 e. The van der Waals surface area contributed by atoms with Crippen molar-refractivity contribution < 1.29 is 31.1 Å². The van der Waals surface area contributed by atoms with Gasteiger partial charge in [-0.25, -0.2) is 4.39 Å². The second-order valence-corrected chi connectivity index (χ2v) is 6.18. The van der Waals surface area contributed by atoms with E-state index in [1.165, 1.54) is 0 Å². The first kappa shape index (κ1) is 18.7. The van der Waals surface area contributed by atoms with Gasteiger partial charge >= 0.3 is 12.3 Å². The van der Waals surface area contributed by atoms with Crippen LogP contribution in [0, 0.1) is 11.8 Å². The standard InChI is InChI=1S/C17H18F6O/c1-11-2-6-13(7-3-11)17(22,23)24-14-8-4-12(5-9-14)15(18)10-16(19,20)21/h4-5,8-11,13H,2-3,6-7H2,1H3/b15-10-. The quantitative estimate of drug-likeness (QED) is 0.573. The highest BCUT2D eigenvalue weighted by Crippen LogP contribution is 2.40. The minimum Gasteiger partial charge on any atom is -0.432 e. The zero-order valence-electron chi connectivity index (χ0n) is 13.0. The maximum Gasteiger partial charge on any atom is 0.412 e. The Morgan fingerprint density at radius 3 is 2.04 bits per heavy atom. The fraction of sp³-hybridized carbons (Fsp3) is 0.529. The van der Waals surface area contributed by atoms with Gasteiger partial charge in [-0.15, -0.1) is 0 Å². The molecule has 24 heavy (non-hydrogen) atoms. The molecule has 0 unspecified atom stereocenters. The average Bonchev–Trinajstić information content (AvgIpc) is 2.46. The summed E-state index contributed by atoms with van der Waals surface area (Å²) in [7, 11) is 0. The van der Waals surface area contributed by atoms with Crippen LogP contribution >= 0.6 is 0 Å². The van der Waals surface area contributed by atoms with Gasteiger partial charge in [-0.2, -0.15) is 22.0 Å². The fourth-order valence-electron chi connectivity index (χ4n) is 2.75. The van der Waals surface area contributed by atoms with E-state index in [4.69, 9.17) is 4.74 Å². The van der Waals surface area contributed by atoms with Gasteiger partial charge in [0.2, 0.25) is 0 Å². The molecule has 134 valence electrons. The highest BCUT2D eigenvalue weighted by Gasteiger charge is 2.43. The van der Waals surface area contributed by atoms with Crippen molar-refractivity contribution in [2.24, 2.45) is 11.8 Å². The van der Waals surface area contributed by atoms with Gasteiger partial charge in [0.1, 0.15) is 11.6 Å². The van der Waals surface area contributed by atoms with Crippen molar-refractivity contribution in [1.29, 1.82) is 0 Å². The van der Waals surface area contributed by atoms with Crippen LogP contribution in [0.1, 0.15) is 38.2 Å². The molecule has 1 fully saturated rings. The van der Waals surface area contributed by atoms with Crippen LogP contribution in [0.3, 0.4) is 0 Å². The Hall–Kier alpha value is -1.66. The monoisotopic (exact) mass is 352 g/mol. The Morgan fingerprint density at radius 2 is 1.54 bits per heavy atom. The Bertz CT molecular complexity index is 568. The molecule has 7 heteroatoms. The van der Waals surface area contributed by atoms with Gasteiger partial charge in [-0.3, -0.25) is 0 Å². The summed E-state index contributed by atoms with van der Waals surface area (Å²) in [5.41, 5.74) is -0.352. The lowest BCUT2D eigenvalue weighted by Gasteiger charge is -2.32.